The number of sulfonamides is 1. The number of carbonyl (C=O) groups is 1. The molecule has 132 valence electrons. The lowest BCUT2D eigenvalue weighted by atomic mass is 10.2. The first kappa shape index (κ1) is 17.7. The van der Waals surface area contributed by atoms with Crippen LogP contribution in [-0.2, 0) is 10.0 Å². The smallest absolute Gasteiger partial charge is 0.272 e. The van der Waals surface area contributed by atoms with Gasteiger partial charge in [-0.3, -0.25) is 4.79 Å². The van der Waals surface area contributed by atoms with Crippen LogP contribution in [0.4, 0.5) is 5.69 Å². The first-order valence-corrected chi connectivity index (χ1v) is 9.32. The average Bonchev–Trinajstić information content (AvgIpc) is 2.69. The van der Waals surface area contributed by atoms with E-state index in [9.17, 15) is 13.2 Å². The molecule has 3 aromatic rings. The Morgan fingerprint density at radius 3 is 2.08 bits per heavy atom. The second-order valence-electron chi connectivity index (χ2n) is 5.46. The molecule has 0 bridgehead atoms. The van der Waals surface area contributed by atoms with Gasteiger partial charge in [-0.05, 0) is 42.5 Å². The second-order valence-corrected chi connectivity index (χ2v) is 7.24. The fourth-order valence-electron chi connectivity index (χ4n) is 2.50. The minimum Gasteiger partial charge on any atom is -0.497 e. The van der Waals surface area contributed by atoms with E-state index in [1.165, 1.54) is 25.3 Å². The number of rotatable bonds is 5. The molecule has 0 aliphatic rings. The summed E-state index contributed by atoms with van der Waals surface area (Å²) in [5.74, 6) is -0.181. The van der Waals surface area contributed by atoms with Crippen LogP contribution >= 0.6 is 0 Å². The van der Waals surface area contributed by atoms with Gasteiger partial charge in [-0.15, -0.1) is 0 Å². The first-order chi connectivity index (χ1) is 12.5. The van der Waals surface area contributed by atoms with E-state index in [0.29, 0.717) is 5.75 Å². The van der Waals surface area contributed by atoms with E-state index in [-0.39, 0.29) is 16.1 Å². The molecule has 0 heterocycles. The van der Waals surface area contributed by atoms with E-state index in [4.69, 9.17) is 4.74 Å². The van der Waals surface area contributed by atoms with Crippen LogP contribution in [-0.4, -0.2) is 21.4 Å². The summed E-state index contributed by atoms with van der Waals surface area (Å²) in [6.07, 6.45) is 0. The summed E-state index contributed by atoms with van der Waals surface area (Å²) in [6, 6.07) is 22.6. The quantitative estimate of drug-likeness (QED) is 0.689. The number of carbonyl (C=O) groups excluding carboxylic acids is 1. The predicted octanol–water partition coefficient (Wildman–Crippen LogP) is 3.73. The summed E-state index contributed by atoms with van der Waals surface area (Å²) in [7, 11) is -2.59. The summed E-state index contributed by atoms with van der Waals surface area (Å²) < 4.78 is 32.3. The van der Waals surface area contributed by atoms with Crippen molar-refractivity contribution in [1.82, 2.24) is 0 Å². The highest BCUT2D eigenvalue weighted by Gasteiger charge is 2.31. The molecule has 0 aromatic heterocycles. The molecule has 0 atom stereocenters. The highest BCUT2D eigenvalue weighted by molar-refractivity contribution is 7.93. The van der Waals surface area contributed by atoms with Crippen LogP contribution in [0.15, 0.2) is 89.8 Å². The van der Waals surface area contributed by atoms with Crippen LogP contribution in [0.1, 0.15) is 10.4 Å². The van der Waals surface area contributed by atoms with Crippen molar-refractivity contribution in [3.05, 3.63) is 90.5 Å². The molecule has 0 saturated carbocycles. The van der Waals surface area contributed by atoms with Crippen molar-refractivity contribution < 1.29 is 17.9 Å². The van der Waals surface area contributed by atoms with Crippen molar-refractivity contribution in [1.29, 1.82) is 0 Å². The van der Waals surface area contributed by atoms with Crippen molar-refractivity contribution in [2.75, 3.05) is 11.4 Å². The van der Waals surface area contributed by atoms with Gasteiger partial charge < -0.3 is 4.74 Å². The third-order valence-electron chi connectivity index (χ3n) is 3.77. The van der Waals surface area contributed by atoms with Crippen molar-refractivity contribution in [2.24, 2.45) is 0 Å². The van der Waals surface area contributed by atoms with Gasteiger partial charge in [0.1, 0.15) is 5.75 Å². The molecule has 3 rings (SSSR count). The third kappa shape index (κ3) is 3.45. The van der Waals surface area contributed by atoms with Gasteiger partial charge in [0.2, 0.25) is 0 Å². The van der Waals surface area contributed by atoms with Gasteiger partial charge in [-0.1, -0.05) is 42.5 Å². The molecule has 0 saturated heterocycles. The molecule has 0 aliphatic heterocycles. The number of methoxy groups -OCH3 is 1. The molecule has 0 unspecified atom stereocenters. The SMILES string of the molecule is COc1cccc(C(=O)N(c2ccccc2)S(=O)(=O)c2ccccc2)c1. The summed E-state index contributed by atoms with van der Waals surface area (Å²) >= 11 is 0. The van der Waals surface area contributed by atoms with E-state index in [1.807, 2.05) is 0 Å². The predicted molar refractivity (Wildman–Crippen MR) is 99.9 cm³/mol. The number of para-hydroxylation sites is 1. The fraction of sp³-hybridized carbons (Fsp3) is 0.0500. The minimum atomic E-state index is -4.08. The Morgan fingerprint density at radius 2 is 1.46 bits per heavy atom. The van der Waals surface area contributed by atoms with Crippen molar-refractivity contribution >= 4 is 21.6 Å². The second kappa shape index (κ2) is 7.41. The number of nitrogens with zero attached hydrogens (tertiary/aromatic N) is 1. The molecular formula is C20H17NO4S. The number of anilines is 1. The van der Waals surface area contributed by atoms with Gasteiger partial charge >= 0.3 is 0 Å². The number of hydrogen-bond acceptors (Lipinski definition) is 4. The number of amides is 1. The van der Waals surface area contributed by atoms with Crippen molar-refractivity contribution in [2.45, 2.75) is 4.90 Å². The van der Waals surface area contributed by atoms with Crippen LogP contribution in [0.5, 0.6) is 5.75 Å². The highest BCUT2D eigenvalue weighted by Crippen LogP contribution is 2.26. The lowest BCUT2D eigenvalue weighted by Gasteiger charge is -2.23. The summed E-state index contributed by atoms with van der Waals surface area (Å²) in [4.78, 5) is 13.2. The number of benzene rings is 3. The monoisotopic (exact) mass is 367 g/mol. The van der Waals surface area contributed by atoms with Crippen molar-refractivity contribution in [3.8, 4) is 5.75 Å². The maximum atomic E-state index is 13.2. The zero-order valence-corrected chi connectivity index (χ0v) is 14.9. The third-order valence-corrected chi connectivity index (χ3v) is 5.50. The molecule has 0 spiro atoms. The zero-order valence-electron chi connectivity index (χ0n) is 14.1. The van der Waals surface area contributed by atoms with Gasteiger partial charge in [-0.25, -0.2) is 8.42 Å². The Kier molecular flexibility index (Phi) is 5.04. The van der Waals surface area contributed by atoms with Gasteiger partial charge in [0.15, 0.2) is 0 Å². The highest BCUT2D eigenvalue weighted by atomic mass is 32.2. The molecule has 3 aromatic carbocycles. The van der Waals surface area contributed by atoms with Gasteiger partial charge in [0.05, 0.1) is 17.7 Å². The Balaban J connectivity index is 2.14. The largest absolute Gasteiger partial charge is 0.497 e. The minimum absolute atomic E-state index is 0.0418. The number of ether oxygens (including phenoxy) is 1. The van der Waals surface area contributed by atoms with Crippen LogP contribution in [0.25, 0.3) is 0 Å². The van der Waals surface area contributed by atoms with E-state index < -0.39 is 15.9 Å². The lowest BCUT2D eigenvalue weighted by molar-refractivity contribution is 0.100. The van der Waals surface area contributed by atoms with Crippen molar-refractivity contribution in [3.63, 3.8) is 0 Å². The first-order valence-electron chi connectivity index (χ1n) is 7.88. The van der Waals surface area contributed by atoms with E-state index in [1.54, 1.807) is 66.7 Å². The summed E-state index contributed by atoms with van der Waals surface area (Å²) in [5, 5.41) is 0. The van der Waals surface area contributed by atoms with E-state index in [2.05, 4.69) is 0 Å². The van der Waals surface area contributed by atoms with Gasteiger partial charge in [-0.2, -0.15) is 4.31 Å². The van der Waals surface area contributed by atoms with E-state index in [0.717, 1.165) is 4.31 Å². The average molecular weight is 367 g/mol. The topological polar surface area (TPSA) is 63.7 Å². The standard InChI is InChI=1S/C20H17NO4S/c1-25-18-12-8-9-16(15-18)20(22)21(17-10-4-2-5-11-17)26(23,24)19-13-6-3-7-14-19/h2-15H,1H3. The fourth-order valence-corrected chi connectivity index (χ4v) is 3.93. The summed E-state index contributed by atoms with van der Waals surface area (Å²) in [5.41, 5.74) is 0.483. The maximum absolute atomic E-state index is 13.2. The van der Waals surface area contributed by atoms with Gasteiger partial charge in [0, 0.05) is 5.56 Å². The molecule has 0 fully saturated rings. The molecule has 0 radical (unpaired) electrons. The molecular weight excluding hydrogens is 350 g/mol. The van der Waals surface area contributed by atoms with Crippen LogP contribution in [0.2, 0.25) is 0 Å². The Hall–Kier alpha value is -3.12. The van der Waals surface area contributed by atoms with Crippen LogP contribution in [0, 0.1) is 0 Å². The lowest BCUT2D eigenvalue weighted by Crippen LogP contribution is -2.37. The van der Waals surface area contributed by atoms with E-state index >= 15 is 0 Å². The molecule has 0 aliphatic carbocycles. The van der Waals surface area contributed by atoms with Crippen LogP contribution < -0.4 is 9.04 Å². The molecule has 5 nitrogen and oxygen atoms in total. The Bertz CT molecular complexity index is 1000. The molecule has 26 heavy (non-hydrogen) atoms. The van der Waals surface area contributed by atoms with Gasteiger partial charge in [0.25, 0.3) is 15.9 Å². The number of hydrogen-bond donors (Lipinski definition) is 0. The normalized spacial score (nSPS) is 11.0. The zero-order chi connectivity index (χ0) is 18.6. The molecule has 6 heteroatoms. The van der Waals surface area contributed by atoms with Crippen LogP contribution in [0.3, 0.4) is 0 Å². The molecule has 0 N–H and O–H groups in total. The summed E-state index contributed by atoms with van der Waals surface area (Å²) in [6.45, 7) is 0. The Labute approximate surface area is 152 Å². The Morgan fingerprint density at radius 1 is 0.846 bits per heavy atom. The molecule has 1 amide bonds. The maximum Gasteiger partial charge on any atom is 0.272 e.